The molecule has 0 saturated carbocycles. The third kappa shape index (κ3) is 5.35. The molecule has 1 fully saturated rings. The number of hydrogen-bond donors (Lipinski definition) is 1. The number of anilines is 2. The molecule has 0 bridgehead atoms. The molecule has 1 saturated heterocycles. The largest absolute Gasteiger partial charge is 0.326 e. The zero-order chi connectivity index (χ0) is 27.9. The summed E-state index contributed by atoms with van der Waals surface area (Å²) >= 11 is 0. The van der Waals surface area contributed by atoms with Gasteiger partial charge in [-0.05, 0) is 81.8 Å². The molecule has 206 valence electrons. The number of hydrogen-bond acceptors (Lipinski definition) is 5. The van der Waals surface area contributed by atoms with Crippen molar-refractivity contribution in [1.82, 2.24) is 14.1 Å². The fraction of sp³-hybridized carbons (Fsp3) is 0.414. The molecule has 2 aromatic carbocycles. The zero-order valence-corrected chi connectivity index (χ0v) is 23.7. The van der Waals surface area contributed by atoms with Crippen LogP contribution < -0.4 is 10.2 Å². The minimum absolute atomic E-state index is 0.0442. The van der Waals surface area contributed by atoms with Gasteiger partial charge in [0.05, 0.1) is 17.3 Å². The number of aromatic nitrogens is 2. The van der Waals surface area contributed by atoms with Crippen LogP contribution in [0.3, 0.4) is 0 Å². The quantitative estimate of drug-likeness (QED) is 0.504. The van der Waals surface area contributed by atoms with E-state index >= 15 is 0 Å². The molecule has 2 amide bonds. The van der Waals surface area contributed by atoms with E-state index in [0.29, 0.717) is 37.3 Å². The van der Waals surface area contributed by atoms with Gasteiger partial charge in [0.25, 0.3) is 0 Å². The van der Waals surface area contributed by atoms with Gasteiger partial charge in [0, 0.05) is 31.0 Å². The number of rotatable bonds is 6. The van der Waals surface area contributed by atoms with Gasteiger partial charge in [-0.2, -0.15) is 9.40 Å². The molecule has 3 aromatic rings. The molecule has 1 atom stereocenters. The number of sulfonamides is 1. The maximum atomic E-state index is 13.8. The second-order valence-corrected chi connectivity index (χ2v) is 12.5. The third-order valence-corrected chi connectivity index (χ3v) is 9.75. The van der Waals surface area contributed by atoms with Gasteiger partial charge in [0.15, 0.2) is 0 Å². The molecule has 0 aliphatic carbocycles. The van der Waals surface area contributed by atoms with Crippen molar-refractivity contribution >= 4 is 33.2 Å². The number of nitrogens with one attached hydrogen (secondary N) is 1. The Balaban J connectivity index is 1.31. The summed E-state index contributed by atoms with van der Waals surface area (Å²) in [5.41, 5.74) is 5.62. The van der Waals surface area contributed by atoms with E-state index in [1.54, 1.807) is 18.7 Å². The summed E-state index contributed by atoms with van der Waals surface area (Å²) in [6.07, 6.45) is 2.00. The molecular formula is C29H35N5O4S. The van der Waals surface area contributed by atoms with Crippen LogP contribution in [0.2, 0.25) is 0 Å². The number of fused-ring (bicyclic) bond motifs is 1. The number of carbonyl (C=O) groups excluding carboxylic acids is 2. The summed E-state index contributed by atoms with van der Waals surface area (Å²) in [7, 11) is -3.91. The van der Waals surface area contributed by atoms with Crippen molar-refractivity contribution in [1.29, 1.82) is 0 Å². The number of carbonyl (C=O) groups is 2. The van der Waals surface area contributed by atoms with Crippen LogP contribution in [-0.4, -0.2) is 54.0 Å². The van der Waals surface area contributed by atoms with E-state index in [9.17, 15) is 18.0 Å². The number of aryl methyl sites for hydroxylation is 3. The van der Waals surface area contributed by atoms with Crippen LogP contribution in [0.25, 0.3) is 0 Å². The SMILES string of the molecule is Cc1cc(C)cc(NC(=O)[C@@H]2CCCN(S(=O)(=O)c3c(C)nn(CC(=O)N4CCc5ccccc54)c3C)C2)c1. The maximum Gasteiger partial charge on any atom is 0.248 e. The topological polar surface area (TPSA) is 105 Å². The average molecular weight is 550 g/mol. The zero-order valence-electron chi connectivity index (χ0n) is 22.9. The fourth-order valence-electron chi connectivity index (χ4n) is 5.81. The third-order valence-electron chi connectivity index (χ3n) is 7.63. The van der Waals surface area contributed by atoms with Crippen LogP contribution in [0.15, 0.2) is 47.4 Å². The van der Waals surface area contributed by atoms with Crippen molar-refractivity contribution in [2.24, 2.45) is 5.92 Å². The summed E-state index contributed by atoms with van der Waals surface area (Å²) in [5.74, 6) is -0.766. The molecule has 1 aromatic heterocycles. The highest BCUT2D eigenvalue weighted by Crippen LogP contribution is 2.30. The average Bonchev–Trinajstić information content (AvgIpc) is 3.44. The van der Waals surface area contributed by atoms with E-state index < -0.39 is 15.9 Å². The Hall–Kier alpha value is -3.50. The van der Waals surface area contributed by atoms with E-state index in [1.165, 1.54) is 8.99 Å². The predicted octanol–water partition coefficient (Wildman–Crippen LogP) is 3.75. The number of amides is 2. The molecule has 0 radical (unpaired) electrons. The summed E-state index contributed by atoms with van der Waals surface area (Å²) in [6.45, 7) is 8.28. The first-order valence-electron chi connectivity index (χ1n) is 13.4. The molecule has 10 heteroatoms. The Morgan fingerprint density at radius 1 is 1.03 bits per heavy atom. The van der Waals surface area contributed by atoms with Crippen LogP contribution in [0.4, 0.5) is 11.4 Å². The van der Waals surface area contributed by atoms with Gasteiger partial charge < -0.3 is 10.2 Å². The van der Waals surface area contributed by atoms with Gasteiger partial charge in [-0.25, -0.2) is 8.42 Å². The van der Waals surface area contributed by atoms with Crippen molar-refractivity contribution in [3.8, 4) is 0 Å². The second-order valence-electron chi connectivity index (χ2n) is 10.6. The van der Waals surface area contributed by atoms with Gasteiger partial charge in [-0.1, -0.05) is 24.3 Å². The first-order chi connectivity index (χ1) is 18.5. The lowest BCUT2D eigenvalue weighted by Crippen LogP contribution is -2.44. The monoisotopic (exact) mass is 549 g/mol. The minimum atomic E-state index is -3.91. The highest BCUT2D eigenvalue weighted by Gasteiger charge is 2.37. The maximum absolute atomic E-state index is 13.8. The molecule has 5 rings (SSSR count). The van der Waals surface area contributed by atoms with Gasteiger partial charge >= 0.3 is 0 Å². The normalized spacial score (nSPS) is 17.7. The molecule has 39 heavy (non-hydrogen) atoms. The van der Waals surface area contributed by atoms with E-state index in [1.807, 2.05) is 56.3 Å². The molecule has 2 aliphatic rings. The van der Waals surface area contributed by atoms with Crippen LogP contribution in [0.1, 0.15) is 40.9 Å². The Morgan fingerprint density at radius 3 is 2.49 bits per heavy atom. The highest BCUT2D eigenvalue weighted by atomic mass is 32.2. The molecule has 3 heterocycles. The molecular weight excluding hydrogens is 514 g/mol. The fourth-order valence-corrected chi connectivity index (χ4v) is 7.71. The van der Waals surface area contributed by atoms with Crippen LogP contribution >= 0.6 is 0 Å². The lowest BCUT2D eigenvalue weighted by atomic mass is 9.98. The number of benzene rings is 2. The highest BCUT2D eigenvalue weighted by molar-refractivity contribution is 7.89. The smallest absolute Gasteiger partial charge is 0.248 e. The summed E-state index contributed by atoms with van der Waals surface area (Å²) in [6, 6.07) is 13.7. The first kappa shape index (κ1) is 27.1. The molecule has 0 spiro atoms. The summed E-state index contributed by atoms with van der Waals surface area (Å²) < 4.78 is 30.5. The van der Waals surface area contributed by atoms with Gasteiger partial charge in [-0.3, -0.25) is 14.3 Å². The van der Waals surface area contributed by atoms with Crippen molar-refractivity contribution < 1.29 is 18.0 Å². The lowest BCUT2D eigenvalue weighted by molar-refractivity contribution is -0.121. The van der Waals surface area contributed by atoms with Crippen molar-refractivity contribution in [2.75, 3.05) is 29.9 Å². The van der Waals surface area contributed by atoms with E-state index in [2.05, 4.69) is 10.4 Å². The van der Waals surface area contributed by atoms with E-state index in [4.69, 9.17) is 0 Å². The van der Waals surface area contributed by atoms with Gasteiger partial charge in [0.2, 0.25) is 21.8 Å². The van der Waals surface area contributed by atoms with Crippen molar-refractivity contribution in [3.63, 3.8) is 0 Å². The minimum Gasteiger partial charge on any atom is -0.326 e. The molecule has 1 N–H and O–H groups in total. The second kappa shape index (κ2) is 10.6. The number of nitrogens with zero attached hydrogens (tertiary/aromatic N) is 4. The van der Waals surface area contributed by atoms with Crippen LogP contribution in [0, 0.1) is 33.6 Å². The van der Waals surface area contributed by atoms with Crippen molar-refractivity contribution in [3.05, 3.63) is 70.5 Å². The van der Waals surface area contributed by atoms with Gasteiger partial charge in [0.1, 0.15) is 11.4 Å². The predicted molar refractivity (Wildman–Crippen MR) is 150 cm³/mol. The Bertz CT molecular complexity index is 1520. The Morgan fingerprint density at radius 2 is 1.74 bits per heavy atom. The number of piperidine rings is 1. The summed E-state index contributed by atoms with van der Waals surface area (Å²) in [4.78, 5) is 28.1. The molecule has 9 nitrogen and oxygen atoms in total. The Labute approximate surface area is 229 Å². The van der Waals surface area contributed by atoms with Crippen LogP contribution in [-0.2, 0) is 32.6 Å². The lowest BCUT2D eigenvalue weighted by Gasteiger charge is -2.31. The summed E-state index contributed by atoms with van der Waals surface area (Å²) in [5, 5.41) is 7.42. The molecule has 2 aliphatic heterocycles. The number of para-hydroxylation sites is 1. The van der Waals surface area contributed by atoms with E-state index in [-0.39, 0.29) is 29.8 Å². The van der Waals surface area contributed by atoms with E-state index in [0.717, 1.165) is 34.5 Å². The molecule has 0 unspecified atom stereocenters. The van der Waals surface area contributed by atoms with Gasteiger partial charge in [-0.15, -0.1) is 0 Å². The van der Waals surface area contributed by atoms with Crippen LogP contribution in [0.5, 0.6) is 0 Å². The van der Waals surface area contributed by atoms with Crippen molar-refractivity contribution in [2.45, 2.75) is 58.4 Å². The standard InChI is InChI=1S/C29H35N5O4S/c1-19-14-20(2)16-25(15-19)30-29(36)24-9-7-12-32(17-24)39(37,38)28-21(3)31-34(22(28)4)18-27(35)33-13-11-23-8-5-6-10-26(23)33/h5-6,8,10,14-16,24H,7,9,11-13,17-18H2,1-4H3,(H,30,36)/t24-/m1/s1. The first-order valence-corrected chi connectivity index (χ1v) is 14.8. The Kier molecular flexibility index (Phi) is 7.35.